The number of aromatic nitrogens is 1. The van der Waals surface area contributed by atoms with Gasteiger partial charge in [0.15, 0.2) is 0 Å². The standard InChI is InChI=1S/C15H22NSe/c1-3-4-5-6-9-12-16-13(2)17-15-11-8-7-10-14(15)16/h7-8,10-11H,3-6,9,12H2,1-2H3/q+1. The van der Waals surface area contributed by atoms with Crippen LogP contribution in [0.15, 0.2) is 24.3 Å². The summed E-state index contributed by atoms with van der Waals surface area (Å²) in [6.07, 6.45) is 6.84. The van der Waals surface area contributed by atoms with Gasteiger partial charge >= 0.3 is 110 Å². The summed E-state index contributed by atoms with van der Waals surface area (Å²) >= 11 is 0.569. The number of hydrogen-bond donors (Lipinski definition) is 0. The van der Waals surface area contributed by atoms with Crippen molar-refractivity contribution in [3.63, 3.8) is 0 Å². The van der Waals surface area contributed by atoms with Crippen molar-refractivity contribution in [3.05, 3.63) is 28.8 Å². The Balaban J connectivity index is 2.00. The van der Waals surface area contributed by atoms with Gasteiger partial charge < -0.3 is 0 Å². The molecule has 0 spiro atoms. The van der Waals surface area contributed by atoms with Crippen molar-refractivity contribution >= 4 is 24.3 Å². The van der Waals surface area contributed by atoms with E-state index in [1.807, 2.05) is 0 Å². The van der Waals surface area contributed by atoms with Gasteiger partial charge in [0, 0.05) is 0 Å². The van der Waals surface area contributed by atoms with Gasteiger partial charge in [-0.1, -0.05) is 0 Å². The maximum absolute atomic E-state index is 2.54. The molecule has 2 heteroatoms. The van der Waals surface area contributed by atoms with Gasteiger partial charge in [0.1, 0.15) is 0 Å². The van der Waals surface area contributed by atoms with E-state index in [2.05, 4.69) is 42.7 Å². The molecule has 0 saturated carbocycles. The van der Waals surface area contributed by atoms with Crippen molar-refractivity contribution in [1.82, 2.24) is 0 Å². The number of rotatable bonds is 6. The van der Waals surface area contributed by atoms with E-state index in [4.69, 9.17) is 0 Å². The first-order valence-electron chi connectivity index (χ1n) is 6.71. The third-order valence-electron chi connectivity index (χ3n) is 3.28. The molecule has 0 unspecified atom stereocenters. The zero-order valence-electron chi connectivity index (χ0n) is 10.9. The van der Waals surface area contributed by atoms with Crippen LogP contribution in [0.3, 0.4) is 0 Å². The molecule has 1 nitrogen and oxygen atoms in total. The molecule has 1 heterocycles. The number of aryl methyl sites for hydroxylation is 2. The minimum atomic E-state index is 0.569. The van der Waals surface area contributed by atoms with E-state index in [9.17, 15) is 0 Å². The Morgan fingerprint density at radius 2 is 1.82 bits per heavy atom. The van der Waals surface area contributed by atoms with Crippen molar-refractivity contribution in [2.45, 2.75) is 52.5 Å². The predicted molar refractivity (Wildman–Crippen MR) is 74.6 cm³/mol. The van der Waals surface area contributed by atoms with E-state index in [1.54, 1.807) is 8.83 Å². The minimum absolute atomic E-state index is 0.569. The second-order valence-electron chi connectivity index (χ2n) is 4.65. The Labute approximate surface area is 110 Å². The Morgan fingerprint density at radius 1 is 1.06 bits per heavy atom. The Bertz CT molecular complexity index is 473. The quantitative estimate of drug-likeness (QED) is 0.436. The molecule has 0 fully saturated rings. The molecule has 0 amide bonds. The van der Waals surface area contributed by atoms with Crippen molar-refractivity contribution < 1.29 is 4.57 Å². The molecule has 17 heavy (non-hydrogen) atoms. The summed E-state index contributed by atoms with van der Waals surface area (Å²) in [5, 5.41) is 0. The van der Waals surface area contributed by atoms with Crippen LogP contribution in [0.5, 0.6) is 0 Å². The zero-order chi connectivity index (χ0) is 12.1. The fraction of sp³-hybridized carbons (Fsp3) is 0.533. The van der Waals surface area contributed by atoms with Crippen molar-refractivity contribution in [1.29, 1.82) is 0 Å². The summed E-state index contributed by atoms with van der Waals surface area (Å²) < 4.78 is 5.68. The summed E-state index contributed by atoms with van der Waals surface area (Å²) in [7, 11) is 0. The first-order valence-corrected chi connectivity index (χ1v) is 8.42. The molecule has 0 N–H and O–H groups in total. The van der Waals surface area contributed by atoms with Gasteiger partial charge in [-0.05, 0) is 0 Å². The normalized spacial score (nSPS) is 11.2. The van der Waals surface area contributed by atoms with Crippen LogP contribution in [0.25, 0.3) is 9.78 Å². The van der Waals surface area contributed by atoms with E-state index >= 15 is 0 Å². The van der Waals surface area contributed by atoms with Gasteiger partial charge in [0.05, 0.1) is 0 Å². The van der Waals surface area contributed by atoms with E-state index in [0.717, 1.165) is 0 Å². The average molecular weight is 295 g/mol. The predicted octanol–water partition coefficient (Wildman–Crippen LogP) is 3.46. The molecule has 1 aromatic heterocycles. The van der Waals surface area contributed by atoms with Crippen LogP contribution in [-0.4, -0.2) is 14.5 Å². The Kier molecular flexibility index (Phi) is 4.82. The summed E-state index contributed by atoms with van der Waals surface area (Å²) in [6, 6.07) is 8.89. The molecule has 1 aromatic carbocycles. The molecule has 92 valence electrons. The van der Waals surface area contributed by atoms with Crippen LogP contribution in [0.2, 0.25) is 0 Å². The monoisotopic (exact) mass is 296 g/mol. The van der Waals surface area contributed by atoms with Crippen molar-refractivity contribution in [3.8, 4) is 0 Å². The Morgan fingerprint density at radius 3 is 2.65 bits per heavy atom. The van der Waals surface area contributed by atoms with Gasteiger partial charge in [-0.2, -0.15) is 0 Å². The molecular formula is C15H22NSe+. The molecular weight excluding hydrogens is 273 g/mol. The van der Waals surface area contributed by atoms with E-state index in [1.165, 1.54) is 44.2 Å². The second kappa shape index (κ2) is 6.37. The van der Waals surface area contributed by atoms with Crippen LogP contribution in [0.1, 0.15) is 43.6 Å². The maximum atomic E-state index is 2.54. The first-order chi connectivity index (χ1) is 8.33. The molecule has 2 aromatic rings. The third kappa shape index (κ3) is 3.20. The number of nitrogens with zero attached hydrogens (tertiary/aromatic N) is 1. The molecule has 0 atom stereocenters. The first kappa shape index (κ1) is 12.9. The van der Waals surface area contributed by atoms with Crippen LogP contribution in [0, 0.1) is 6.92 Å². The van der Waals surface area contributed by atoms with Crippen LogP contribution < -0.4 is 4.57 Å². The molecule has 0 radical (unpaired) electrons. The SMILES string of the molecule is CCCCCCC[n+]1c(C)[se]c2ccccc21. The van der Waals surface area contributed by atoms with Crippen LogP contribution in [0.4, 0.5) is 0 Å². The van der Waals surface area contributed by atoms with E-state index in [-0.39, 0.29) is 0 Å². The van der Waals surface area contributed by atoms with Crippen LogP contribution in [-0.2, 0) is 6.54 Å². The zero-order valence-corrected chi connectivity index (χ0v) is 12.6. The summed E-state index contributed by atoms with van der Waals surface area (Å²) in [5.41, 5.74) is 1.47. The number of fused-ring (bicyclic) bond motifs is 1. The Hall–Kier alpha value is -0.591. The van der Waals surface area contributed by atoms with E-state index in [0.29, 0.717) is 14.5 Å². The molecule has 2 rings (SSSR count). The molecule has 0 saturated heterocycles. The van der Waals surface area contributed by atoms with Gasteiger partial charge in [0.25, 0.3) is 0 Å². The topological polar surface area (TPSA) is 3.88 Å². The fourth-order valence-electron chi connectivity index (χ4n) is 2.30. The third-order valence-corrected chi connectivity index (χ3v) is 5.55. The molecule has 0 aliphatic heterocycles. The molecule has 0 bridgehead atoms. The summed E-state index contributed by atoms with van der Waals surface area (Å²) in [5.74, 6) is 0. The van der Waals surface area contributed by atoms with Crippen molar-refractivity contribution in [2.24, 2.45) is 0 Å². The van der Waals surface area contributed by atoms with Crippen LogP contribution >= 0.6 is 0 Å². The fourth-order valence-corrected chi connectivity index (χ4v) is 4.50. The summed E-state index contributed by atoms with van der Waals surface area (Å²) in [4.78, 5) is 0. The van der Waals surface area contributed by atoms with E-state index < -0.39 is 0 Å². The number of benzene rings is 1. The number of hydrogen-bond acceptors (Lipinski definition) is 0. The van der Waals surface area contributed by atoms with Gasteiger partial charge in [-0.3, -0.25) is 0 Å². The summed E-state index contributed by atoms with van der Waals surface area (Å²) in [6.45, 7) is 5.79. The number of para-hydroxylation sites is 1. The van der Waals surface area contributed by atoms with Gasteiger partial charge in [-0.25, -0.2) is 0 Å². The molecule has 0 aliphatic rings. The second-order valence-corrected chi connectivity index (χ2v) is 7.25. The van der Waals surface area contributed by atoms with Crippen molar-refractivity contribution in [2.75, 3.05) is 0 Å². The average Bonchev–Trinajstić information content (AvgIpc) is 2.65. The van der Waals surface area contributed by atoms with Gasteiger partial charge in [0.2, 0.25) is 0 Å². The number of unbranched alkanes of at least 4 members (excludes halogenated alkanes) is 4. The van der Waals surface area contributed by atoms with Gasteiger partial charge in [-0.15, -0.1) is 0 Å². The molecule has 0 aliphatic carbocycles.